The number of nitrogens with one attached hydrogen (secondary N) is 2. The summed E-state index contributed by atoms with van der Waals surface area (Å²) in [4.78, 5) is 31.3. The van der Waals surface area contributed by atoms with E-state index in [0.717, 1.165) is 24.5 Å². The average Bonchev–Trinajstić information content (AvgIpc) is 3.20. The predicted octanol–water partition coefficient (Wildman–Crippen LogP) is 3.14. The van der Waals surface area contributed by atoms with Crippen LogP contribution in [0.1, 0.15) is 59.9 Å². The van der Waals surface area contributed by atoms with E-state index in [1.165, 1.54) is 12.8 Å². The smallest absolute Gasteiger partial charge is 0.251 e. The highest BCUT2D eigenvalue weighted by atomic mass is 16.2. The number of anilines is 1. The normalized spacial score (nSPS) is 14.0. The Morgan fingerprint density at radius 2 is 1.61 bits per heavy atom. The van der Waals surface area contributed by atoms with Crippen LogP contribution in [0.25, 0.3) is 0 Å². The third-order valence-electron chi connectivity index (χ3n) is 4.59. The van der Waals surface area contributed by atoms with Gasteiger partial charge >= 0.3 is 0 Å². The molecular formula is C22H28N4O2. The minimum atomic E-state index is -0.300. The standard InChI is InChI=1S/C22H28N4O2/c1-22(2,3)25-21(28)18-8-6-17(7-9-18)20(27)24-15-16-10-11-23-19(14-16)26-12-4-5-13-26/h6-11,14H,4-5,12-13,15H2,1-3H3,(H,24,27)(H,25,28). The molecule has 2 heterocycles. The van der Waals surface area contributed by atoms with Gasteiger partial charge < -0.3 is 15.5 Å². The van der Waals surface area contributed by atoms with Crippen LogP contribution in [0.15, 0.2) is 42.6 Å². The zero-order valence-electron chi connectivity index (χ0n) is 16.8. The molecule has 0 unspecified atom stereocenters. The fourth-order valence-corrected chi connectivity index (χ4v) is 3.16. The molecule has 0 atom stereocenters. The molecule has 2 amide bonds. The third kappa shape index (κ3) is 5.31. The molecule has 0 radical (unpaired) electrons. The maximum Gasteiger partial charge on any atom is 0.251 e. The number of pyridine rings is 1. The molecule has 148 valence electrons. The Bertz CT molecular complexity index is 834. The molecule has 0 aliphatic carbocycles. The molecule has 0 spiro atoms. The topological polar surface area (TPSA) is 74.3 Å². The minimum absolute atomic E-state index is 0.148. The Morgan fingerprint density at radius 3 is 2.21 bits per heavy atom. The highest BCUT2D eigenvalue weighted by Gasteiger charge is 2.16. The number of rotatable bonds is 5. The summed E-state index contributed by atoms with van der Waals surface area (Å²) in [7, 11) is 0. The van der Waals surface area contributed by atoms with Gasteiger partial charge in [-0.2, -0.15) is 0 Å². The van der Waals surface area contributed by atoms with Crippen LogP contribution in [-0.4, -0.2) is 35.4 Å². The number of carbonyl (C=O) groups is 2. The van der Waals surface area contributed by atoms with Gasteiger partial charge in [-0.25, -0.2) is 4.98 Å². The van der Waals surface area contributed by atoms with E-state index in [9.17, 15) is 9.59 Å². The first-order valence-electron chi connectivity index (χ1n) is 9.72. The van der Waals surface area contributed by atoms with E-state index in [0.29, 0.717) is 17.7 Å². The van der Waals surface area contributed by atoms with Crippen molar-refractivity contribution in [2.24, 2.45) is 0 Å². The Balaban J connectivity index is 1.58. The first-order valence-corrected chi connectivity index (χ1v) is 9.72. The summed E-state index contributed by atoms with van der Waals surface area (Å²) < 4.78 is 0. The van der Waals surface area contributed by atoms with Crippen molar-refractivity contribution >= 4 is 17.6 Å². The van der Waals surface area contributed by atoms with Crippen molar-refractivity contribution in [1.29, 1.82) is 0 Å². The number of benzene rings is 1. The first kappa shape index (κ1) is 19.9. The zero-order valence-corrected chi connectivity index (χ0v) is 16.8. The van der Waals surface area contributed by atoms with Crippen LogP contribution in [0, 0.1) is 0 Å². The van der Waals surface area contributed by atoms with E-state index in [2.05, 4.69) is 20.5 Å². The number of nitrogens with zero attached hydrogens (tertiary/aromatic N) is 2. The summed E-state index contributed by atoms with van der Waals surface area (Å²) in [5, 5.41) is 5.84. The van der Waals surface area contributed by atoms with Gasteiger partial charge in [-0.1, -0.05) is 0 Å². The summed E-state index contributed by atoms with van der Waals surface area (Å²) >= 11 is 0. The van der Waals surface area contributed by atoms with E-state index in [1.807, 2.05) is 32.9 Å². The molecule has 3 rings (SSSR count). The van der Waals surface area contributed by atoms with E-state index < -0.39 is 0 Å². The number of hydrogen-bond donors (Lipinski definition) is 2. The van der Waals surface area contributed by atoms with Gasteiger partial charge in [0.15, 0.2) is 0 Å². The molecule has 1 aliphatic rings. The number of aromatic nitrogens is 1. The van der Waals surface area contributed by atoms with E-state index in [-0.39, 0.29) is 17.4 Å². The van der Waals surface area contributed by atoms with E-state index >= 15 is 0 Å². The number of amides is 2. The molecule has 6 heteroatoms. The van der Waals surface area contributed by atoms with Crippen molar-refractivity contribution in [3.63, 3.8) is 0 Å². The molecular weight excluding hydrogens is 352 g/mol. The van der Waals surface area contributed by atoms with Gasteiger partial charge in [0.25, 0.3) is 11.8 Å². The van der Waals surface area contributed by atoms with Crippen LogP contribution in [0.4, 0.5) is 5.82 Å². The lowest BCUT2D eigenvalue weighted by atomic mass is 10.1. The van der Waals surface area contributed by atoms with Crippen molar-refractivity contribution in [1.82, 2.24) is 15.6 Å². The Labute approximate surface area is 166 Å². The van der Waals surface area contributed by atoms with Crippen molar-refractivity contribution in [2.75, 3.05) is 18.0 Å². The number of hydrogen-bond acceptors (Lipinski definition) is 4. The van der Waals surface area contributed by atoms with Crippen LogP contribution in [0.3, 0.4) is 0 Å². The summed E-state index contributed by atoms with van der Waals surface area (Å²) in [6, 6.07) is 10.7. The lowest BCUT2D eigenvalue weighted by molar-refractivity contribution is 0.0915. The lowest BCUT2D eigenvalue weighted by Crippen LogP contribution is -2.40. The van der Waals surface area contributed by atoms with Crippen molar-refractivity contribution < 1.29 is 9.59 Å². The van der Waals surface area contributed by atoms with Crippen LogP contribution in [0.5, 0.6) is 0 Å². The molecule has 1 fully saturated rings. The molecule has 2 N–H and O–H groups in total. The van der Waals surface area contributed by atoms with Crippen LogP contribution in [0.2, 0.25) is 0 Å². The minimum Gasteiger partial charge on any atom is -0.357 e. The van der Waals surface area contributed by atoms with Gasteiger partial charge in [0, 0.05) is 42.5 Å². The van der Waals surface area contributed by atoms with Crippen molar-refractivity contribution in [3.8, 4) is 0 Å². The van der Waals surface area contributed by atoms with Gasteiger partial charge in [0.2, 0.25) is 0 Å². The van der Waals surface area contributed by atoms with Gasteiger partial charge in [0.1, 0.15) is 5.82 Å². The highest BCUT2D eigenvalue weighted by molar-refractivity contribution is 5.98. The fraction of sp³-hybridized carbons (Fsp3) is 0.409. The summed E-state index contributed by atoms with van der Waals surface area (Å²) in [5.41, 5.74) is 1.79. The highest BCUT2D eigenvalue weighted by Crippen LogP contribution is 2.18. The zero-order chi connectivity index (χ0) is 20.1. The van der Waals surface area contributed by atoms with E-state index in [1.54, 1.807) is 30.5 Å². The molecule has 0 saturated carbocycles. The SMILES string of the molecule is CC(C)(C)NC(=O)c1ccc(C(=O)NCc2ccnc(N3CCCC3)c2)cc1. The first-order chi connectivity index (χ1) is 13.3. The average molecular weight is 380 g/mol. The van der Waals surface area contributed by atoms with Crippen molar-refractivity contribution in [3.05, 3.63) is 59.3 Å². The maximum atomic E-state index is 12.4. The maximum absolute atomic E-state index is 12.4. The second-order valence-electron chi connectivity index (χ2n) is 8.18. The van der Waals surface area contributed by atoms with Crippen LogP contribution >= 0.6 is 0 Å². The molecule has 2 aromatic rings. The van der Waals surface area contributed by atoms with E-state index in [4.69, 9.17) is 0 Å². The van der Waals surface area contributed by atoms with Gasteiger partial charge in [-0.05, 0) is 75.6 Å². The largest absolute Gasteiger partial charge is 0.357 e. The monoisotopic (exact) mass is 380 g/mol. The van der Waals surface area contributed by atoms with Gasteiger partial charge in [-0.3, -0.25) is 9.59 Å². The molecule has 1 aromatic heterocycles. The second kappa shape index (κ2) is 8.42. The molecule has 1 aromatic carbocycles. The Morgan fingerprint density at radius 1 is 1.00 bits per heavy atom. The molecule has 1 saturated heterocycles. The second-order valence-corrected chi connectivity index (χ2v) is 8.18. The third-order valence-corrected chi connectivity index (χ3v) is 4.59. The van der Waals surface area contributed by atoms with Crippen LogP contribution < -0.4 is 15.5 Å². The summed E-state index contributed by atoms with van der Waals surface area (Å²) in [5.74, 6) is 0.659. The molecule has 0 bridgehead atoms. The molecule has 6 nitrogen and oxygen atoms in total. The summed E-state index contributed by atoms with van der Waals surface area (Å²) in [6.07, 6.45) is 4.19. The summed E-state index contributed by atoms with van der Waals surface area (Å²) in [6.45, 7) is 8.31. The van der Waals surface area contributed by atoms with Crippen LogP contribution in [-0.2, 0) is 6.54 Å². The van der Waals surface area contributed by atoms with Crippen molar-refractivity contribution in [2.45, 2.75) is 45.7 Å². The predicted molar refractivity (Wildman–Crippen MR) is 111 cm³/mol. The fourth-order valence-electron chi connectivity index (χ4n) is 3.16. The van der Waals surface area contributed by atoms with Gasteiger partial charge in [0.05, 0.1) is 0 Å². The number of carbonyl (C=O) groups excluding carboxylic acids is 2. The Hall–Kier alpha value is -2.89. The quantitative estimate of drug-likeness (QED) is 0.836. The molecule has 1 aliphatic heterocycles. The molecule has 28 heavy (non-hydrogen) atoms. The lowest BCUT2D eigenvalue weighted by Gasteiger charge is -2.20. The van der Waals surface area contributed by atoms with Gasteiger partial charge in [-0.15, -0.1) is 0 Å². The Kier molecular flexibility index (Phi) is 5.97.